The standard InChI is InChI=1S/C24H33NO2/c1-19-5-9-21(10-6-19)24(14-16-27-23(2,3)18-24)13-15-25-17-20-7-11-22(26-4)12-8-20/h5-12,25H,13-18H2,1-4H3/t24-/m0/s1. The molecule has 0 unspecified atom stereocenters. The molecule has 1 heterocycles. The molecule has 1 N–H and O–H groups in total. The summed E-state index contributed by atoms with van der Waals surface area (Å²) in [6.07, 6.45) is 3.27. The van der Waals surface area contributed by atoms with Crippen LogP contribution in [0.1, 0.15) is 49.8 Å². The third-order valence-corrected chi connectivity index (χ3v) is 5.77. The molecule has 0 radical (unpaired) electrons. The molecule has 3 rings (SSSR count). The molecule has 27 heavy (non-hydrogen) atoms. The summed E-state index contributed by atoms with van der Waals surface area (Å²) < 4.78 is 11.3. The fourth-order valence-corrected chi connectivity index (χ4v) is 4.29. The van der Waals surface area contributed by atoms with Crippen molar-refractivity contribution in [3.8, 4) is 5.75 Å². The van der Waals surface area contributed by atoms with Crippen LogP contribution in [0.5, 0.6) is 5.75 Å². The van der Waals surface area contributed by atoms with Crippen LogP contribution in [-0.4, -0.2) is 25.9 Å². The molecule has 0 aromatic heterocycles. The van der Waals surface area contributed by atoms with Crippen LogP contribution in [0, 0.1) is 6.92 Å². The third-order valence-electron chi connectivity index (χ3n) is 5.77. The molecule has 0 amide bonds. The summed E-state index contributed by atoms with van der Waals surface area (Å²) in [5.41, 5.74) is 4.17. The van der Waals surface area contributed by atoms with Crippen molar-refractivity contribution >= 4 is 0 Å². The Kier molecular flexibility index (Phi) is 6.23. The van der Waals surface area contributed by atoms with E-state index in [1.54, 1.807) is 7.11 Å². The van der Waals surface area contributed by atoms with Gasteiger partial charge in [0.25, 0.3) is 0 Å². The number of aryl methyl sites for hydroxylation is 1. The zero-order valence-electron chi connectivity index (χ0n) is 17.2. The van der Waals surface area contributed by atoms with E-state index < -0.39 is 0 Å². The zero-order valence-corrected chi connectivity index (χ0v) is 17.2. The van der Waals surface area contributed by atoms with Gasteiger partial charge in [-0.25, -0.2) is 0 Å². The highest BCUT2D eigenvalue weighted by atomic mass is 16.5. The maximum absolute atomic E-state index is 6.03. The Morgan fingerprint density at radius 2 is 1.74 bits per heavy atom. The number of methoxy groups -OCH3 is 1. The molecule has 1 atom stereocenters. The Hall–Kier alpha value is -1.84. The second-order valence-corrected chi connectivity index (χ2v) is 8.46. The van der Waals surface area contributed by atoms with Crippen molar-refractivity contribution in [2.24, 2.45) is 0 Å². The lowest BCUT2D eigenvalue weighted by Crippen LogP contribution is -2.45. The van der Waals surface area contributed by atoms with Crippen molar-refractivity contribution in [2.45, 2.75) is 57.6 Å². The normalized spacial score (nSPS) is 21.8. The molecule has 1 saturated heterocycles. The highest BCUT2D eigenvalue weighted by Gasteiger charge is 2.41. The van der Waals surface area contributed by atoms with Crippen molar-refractivity contribution in [3.05, 3.63) is 65.2 Å². The average Bonchev–Trinajstić information content (AvgIpc) is 2.65. The second kappa shape index (κ2) is 8.45. The van der Waals surface area contributed by atoms with Gasteiger partial charge >= 0.3 is 0 Å². The van der Waals surface area contributed by atoms with Crippen LogP contribution in [0.2, 0.25) is 0 Å². The van der Waals surface area contributed by atoms with E-state index in [-0.39, 0.29) is 11.0 Å². The van der Waals surface area contributed by atoms with E-state index in [1.165, 1.54) is 16.7 Å². The predicted octanol–water partition coefficient (Wildman–Crippen LogP) is 5.01. The molecule has 0 spiro atoms. The largest absolute Gasteiger partial charge is 0.497 e. The zero-order chi connectivity index (χ0) is 19.3. The van der Waals surface area contributed by atoms with Crippen LogP contribution >= 0.6 is 0 Å². The maximum Gasteiger partial charge on any atom is 0.118 e. The number of hydrogen-bond acceptors (Lipinski definition) is 3. The van der Waals surface area contributed by atoms with E-state index in [0.29, 0.717) is 0 Å². The molecular weight excluding hydrogens is 334 g/mol. The summed E-state index contributed by atoms with van der Waals surface area (Å²) in [5.74, 6) is 0.904. The first kappa shape index (κ1) is 19.9. The third kappa shape index (κ3) is 5.12. The quantitative estimate of drug-likeness (QED) is 0.698. The summed E-state index contributed by atoms with van der Waals surface area (Å²) in [4.78, 5) is 0. The summed E-state index contributed by atoms with van der Waals surface area (Å²) in [7, 11) is 1.70. The lowest BCUT2D eigenvalue weighted by molar-refractivity contribution is -0.0840. The van der Waals surface area contributed by atoms with Crippen LogP contribution in [0.25, 0.3) is 0 Å². The minimum absolute atomic E-state index is 0.0703. The average molecular weight is 368 g/mol. The lowest BCUT2D eigenvalue weighted by Gasteiger charge is -2.45. The molecule has 0 bridgehead atoms. The molecule has 3 nitrogen and oxygen atoms in total. The van der Waals surface area contributed by atoms with Gasteiger partial charge in [-0.15, -0.1) is 0 Å². The summed E-state index contributed by atoms with van der Waals surface area (Å²) in [6.45, 7) is 9.31. The second-order valence-electron chi connectivity index (χ2n) is 8.46. The molecule has 1 aliphatic rings. The van der Waals surface area contributed by atoms with E-state index in [9.17, 15) is 0 Å². The smallest absolute Gasteiger partial charge is 0.118 e. The monoisotopic (exact) mass is 367 g/mol. The summed E-state index contributed by atoms with van der Waals surface area (Å²) in [5, 5.41) is 3.64. The van der Waals surface area contributed by atoms with Gasteiger partial charge in [0.1, 0.15) is 5.75 Å². The first-order valence-corrected chi connectivity index (χ1v) is 9.97. The number of hydrogen-bond donors (Lipinski definition) is 1. The minimum Gasteiger partial charge on any atom is -0.497 e. The van der Waals surface area contributed by atoms with E-state index in [0.717, 1.165) is 44.7 Å². The lowest BCUT2D eigenvalue weighted by atomic mass is 9.67. The van der Waals surface area contributed by atoms with Gasteiger partial charge in [0.05, 0.1) is 12.7 Å². The Morgan fingerprint density at radius 3 is 2.37 bits per heavy atom. The molecule has 0 saturated carbocycles. The van der Waals surface area contributed by atoms with Crippen molar-refractivity contribution < 1.29 is 9.47 Å². The molecule has 2 aromatic carbocycles. The van der Waals surface area contributed by atoms with Crippen LogP contribution in [-0.2, 0) is 16.7 Å². The number of rotatable bonds is 7. The molecule has 0 aliphatic carbocycles. The van der Waals surface area contributed by atoms with Gasteiger partial charge in [0.2, 0.25) is 0 Å². The number of ether oxygens (including phenoxy) is 2. The van der Waals surface area contributed by atoms with E-state index in [2.05, 4.69) is 62.5 Å². The molecule has 3 heteroatoms. The molecule has 146 valence electrons. The topological polar surface area (TPSA) is 30.5 Å². The Morgan fingerprint density at radius 1 is 1.04 bits per heavy atom. The van der Waals surface area contributed by atoms with Crippen LogP contribution in [0.3, 0.4) is 0 Å². The van der Waals surface area contributed by atoms with Crippen LogP contribution < -0.4 is 10.1 Å². The Bertz CT molecular complexity index is 721. The highest BCUT2D eigenvalue weighted by Crippen LogP contribution is 2.43. The van der Waals surface area contributed by atoms with Gasteiger partial charge < -0.3 is 14.8 Å². The first-order chi connectivity index (χ1) is 12.9. The number of nitrogens with one attached hydrogen (secondary N) is 1. The van der Waals surface area contributed by atoms with Gasteiger partial charge in [0, 0.05) is 18.6 Å². The van der Waals surface area contributed by atoms with E-state index >= 15 is 0 Å². The highest BCUT2D eigenvalue weighted by molar-refractivity contribution is 5.30. The summed E-state index contributed by atoms with van der Waals surface area (Å²) in [6, 6.07) is 17.4. The van der Waals surface area contributed by atoms with Crippen molar-refractivity contribution in [1.82, 2.24) is 5.32 Å². The van der Waals surface area contributed by atoms with Gasteiger partial charge in [0.15, 0.2) is 0 Å². The molecular formula is C24H33NO2. The number of benzene rings is 2. The van der Waals surface area contributed by atoms with Crippen LogP contribution in [0.15, 0.2) is 48.5 Å². The van der Waals surface area contributed by atoms with Gasteiger partial charge in [-0.05, 0) is 69.8 Å². The van der Waals surface area contributed by atoms with Gasteiger partial charge in [-0.3, -0.25) is 0 Å². The maximum atomic E-state index is 6.03. The van der Waals surface area contributed by atoms with Crippen molar-refractivity contribution in [2.75, 3.05) is 20.3 Å². The van der Waals surface area contributed by atoms with Crippen molar-refractivity contribution in [3.63, 3.8) is 0 Å². The molecule has 1 aliphatic heterocycles. The van der Waals surface area contributed by atoms with E-state index in [1.807, 2.05) is 12.1 Å². The van der Waals surface area contributed by atoms with Gasteiger partial charge in [-0.1, -0.05) is 42.0 Å². The van der Waals surface area contributed by atoms with Crippen molar-refractivity contribution in [1.29, 1.82) is 0 Å². The minimum atomic E-state index is -0.0703. The van der Waals surface area contributed by atoms with Gasteiger partial charge in [-0.2, -0.15) is 0 Å². The Labute approximate surface area is 164 Å². The van der Waals surface area contributed by atoms with E-state index in [4.69, 9.17) is 9.47 Å². The first-order valence-electron chi connectivity index (χ1n) is 9.97. The predicted molar refractivity (Wildman–Crippen MR) is 111 cm³/mol. The fourth-order valence-electron chi connectivity index (χ4n) is 4.29. The SMILES string of the molecule is COc1ccc(CNCC[C@]2(c3ccc(C)cc3)CCOC(C)(C)C2)cc1. The fraction of sp³-hybridized carbons (Fsp3) is 0.500. The molecule has 1 fully saturated rings. The van der Waals surface area contributed by atoms with Crippen LogP contribution in [0.4, 0.5) is 0 Å². The Balaban J connectivity index is 1.65. The summed E-state index contributed by atoms with van der Waals surface area (Å²) >= 11 is 0. The molecule has 2 aromatic rings.